The molecule has 0 radical (unpaired) electrons. The molecule has 0 saturated heterocycles. The molecule has 4 aromatic rings. The minimum absolute atomic E-state index is 0.375. The zero-order valence-corrected chi connectivity index (χ0v) is 19.0. The molecule has 0 aliphatic carbocycles. The quantitative estimate of drug-likeness (QED) is 0.359. The van der Waals surface area contributed by atoms with Gasteiger partial charge in [0.15, 0.2) is 10.9 Å². The van der Waals surface area contributed by atoms with Gasteiger partial charge in [0, 0.05) is 17.4 Å². The Morgan fingerprint density at radius 3 is 2.39 bits per heavy atom. The molecule has 2 aromatic carbocycles. The third-order valence-electron chi connectivity index (χ3n) is 4.72. The number of thiocarbonyl (C=S) groups is 1. The van der Waals surface area contributed by atoms with Gasteiger partial charge in [-0.15, -0.1) is 0 Å². The first-order chi connectivity index (χ1) is 15.0. The van der Waals surface area contributed by atoms with Crippen LogP contribution in [0.1, 0.15) is 16.7 Å². The van der Waals surface area contributed by atoms with Gasteiger partial charge in [-0.3, -0.25) is 9.36 Å². The molecule has 2 aromatic heterocycles. The van der Waals surface area contributed by atoms with Gasteiger partial charge in [0.05, 0.1) is 25.0 Å². The molecule has 0 saturated carbocycles. The summed E-state index contributed by atoms with van der Waals surface area (Å²) in [7, 11) is 0. The van der Waals surface area contributed by atoms with E-state index in [0.29, 0.717) is 34.1 Å². The normalized spacial score (nSPS) is 10.8. The van der Waals surface area contributed by atoms with Crippen LogP contribution in [0.5, 0.6) is 0 Å². The molecule has 6 nitrogen and oxygen atoms in total. The van der Waals surface area contributed by atoms with Crippen LogP contribution in [0, 0.1) is 6.92 Å². The third-order valence-corrected chi connectivity index (χ3v) is 5.57. The molecule has 2 heterocycles. The van der Waals surface area contributed by atoms with Crippen molar-refractivity contribution in [1.82, 2.24) is 19.6 Å². The Balaban J connectivity index is 1.37. The van der Waals surface area contributed by atoms with Crippen LogP contribution in [0.4, 0.5) is 11.5 Å². The number of nitrogens with zero attached hydrogens (tertiary/aromatic N) is 4. The highest BCUT2D eigenvalue weighted by Gasteiger charge is 2.11. The first kappa shape index (κ1) is 21.4. The second kappa shape index (κ2) is 9.51. The minimum Gasteiger partial charge on any atom is -0.330 e. The summed E-state index contributed by atoms with van der Waals surface area (Å²) in [6, 6.07) is 15.9. The van der Waals surface area contributed by atoms with Crippen molar-refractivity contribution in [3.63, 3.8) is 0 Å². The Morgan fingerprint density at radius 2 is 1.61 bits per heavy atom. The van der Waals surface area contributed by atoms with Crippen molar-refractivity contribution < 1.29 is 0 Å². The Kier molecular flexibility index (Phi) is 6.56. The maximum Gasteiger partial charge on any atom is 0.176 e. The van der Waals surface area contributed by atoms with E-state index in [1.807, 2.05) is 47.3 Å². The van der Waals surface area contributed by atoms with E-state index in [2.05, 4.69) is 39.9 Å². The average molecular weight is 471 g/mol. The molecular weight excluding hydrogens is 451 g/mol. The van der Waals surface area contributed by atoms with E-state index in [1.54, 1.807) is 17.1 Å². The van der Waals surface area contributed by atoms with Crippen molar-refractivity contribution >= 4 is 52.0 Å². The molecule has 31 heavy (non-hydrogen) atoms. The van der Waals surface area contributed by atoms with Crippen molar-refractivity contribution in [3.8, 4) is 0 Å². The maximum atomic E-state index is 6.32. The summed E-state index contributed by atoms with van der Waals surface area (Å²) in [6.45, 7) is 3.28. The van der Waals surface area contributed by atoms with Gasteiger partial charge >= 0.3 is 0 Å². The molecule has 0 spiro atoms. The number of benzene rings is 2. The molecule has 0 amide bonds. The van der Waals surface area contributed by atoms with Crippen LogP contribution in [0.3, 0.4) is 0 Å². The molecule has 9 heteroatoms. The zero-order valence-electron chi connectivity index (χ0n) is 16.7. The summed E-state index contributed by atoms with van der Waals surface area (Å²) < 4.78 is 3.58. The lowest BCUT2D eigenvalue weighted by Gasteiger charge is -2.07. The van der Waals surface area contributed by atoms with Gasteiger partial charge in [-0.05, 0) is 41.9 Å². The van der Waals surface area contributed by atoms with E-state index in [1.165, 1.54) is 11.1 Å². The van der Waals surface area contributed by atoms with Crippen molar-refractivity contribution in [1.29, 1.82) is 0 Å². The fraction of sp³-hybridized carbons (Fsp3) is 0.136. The summed E-state index contributed by atoms with van der Waals surface area (Å²) in [6.07, 6.45) is 5.36. The maximum absolute atomic E-state index is 6.32. The van der Waals surface area contributed by atoms with E-state index in [-0.39, 0.29) is 0 Å². The Morgan fingerprint density at radius 1 is 0.903 bits per heavy atom. The van der Waals surface area contributed by atoms with Crippen LogP contribution < -0.4 is 10.6 Å². The molecule has 0 fully saturated rings. The van der Waals surface area contributed by atoms with E-state index in [9.17, 15) is 0 Å². The lowest BCUT2D eigenvalue weighted by Crippen LogP contribution is -2.19. The molecule has 158 valence electrons. The summed E-state index contributed by atoms with van der Waals surface area (Å²) in [5, 5.41) is 16.5. The molecule has 2 N–H and O–H groups in total. The molecule has 0 bridgehead atoms. The monoisotopic (exact) mass is 470 g/mol. The largest absolute Gasteiger partial charge is 0.330 e. The molecule has 0 atom stereocenters. The van der Waals surface area contributed by atoms with Crippen molar-refractivity contribution in [2.75, 3.05) is 10.6 Å². The number of aryl methyl sites for hydroxylation is 1. The molecule has 4 rings (SSSR count). The zero-order chi connectivity index (χ0) is 21.8. The summed E-state index contributed by atoms with van der Waals surface area (Å²) in [5.41, 5.74) is 4.18. The van der Waals surface area contributed by atoms with Crippen molar-refractivity contribution in [2.24, 2.45) is 0 Å². The second-order valence-electron chi connectivity index (χ2n) is 7.05. The fourth-order valence-electron chi connectivity index (χ4n) is 3.11. The highest BCUT2D eigenvalue weighted by atomic mass is 35.5. The summed E-state index contributed by atoms with van der Waals surface area (Å²) >= 11 is 18.0. The van der Waals surface area contributed by atoms with Crippen LogP contribution in [-0.2, 0) is 13.1 Å². The van der Waals surface area contributed by atoms with E-state index < -0.39 is 0 Å². The number of hydrogen-bond acceptors (Lipinski definition) is 3. The number of halogens is 2. The molecule has 0 unspecified atom stereocenters. The van der Waals surface area contributed by atoms with Crippen LogP contribution in [0.25, 0.3) is 0 Å². The standard InChI is InChI=1S/C22H20Cl2N6S/c1-15-6-2-3-7-16(15)11-29-13-18(10-25-29)26-22(31)27-21-20(24)14-30(28-21)12-17-8-4-5-9-19(17)23/h2-10,13-14H,11-12H2,1H3,(H2,26,27,28,31). The molecule has 0 aliphatic heterocycles. The SMILES string of the molecule is Cc1ccccc1Cn1cc(NC(=S)Nc2nn(Cc3ccccc3Cl)cc2Cl)cn1. The fourth-order valence-corrected chi connectivity index (χ4v) is 3.72. The summed E-state index contributed by atoms with van der Waals surface area (Å²) in [5.74, 6) is 0.471. The van der Waals surface area contributed by atoms with E-state index in [4.69, 9.17) is 35.4 Å². The number of hydrogen-bond donors (Lipinski definition) is 2. The average Bonchev–Trinajstić information content (AvgIpc) is 3.31. The molecular formula is C22H20Cl2N6S. The first-order valence-corrected chi connectivity index (χ1v) is 10.8. The van der Waals surface area contributed by atoms with Gasteiger partial charge in [0.2, 0.25) is 0 Å². The lowest BCUT2D eigenvalue weighted by atomic mass is 10.1. The topological polar surface area (TPSA) is 59.7 Å². The Hall–Kier alpha value is -2.87. The predicted octanol–water partition coefficient (Wildman–Crippen LogP) is 5.60. The van der Waals surface area contributed by atoms with Gasteiger partial charge in [0.25, 0.3) is 0 Å². The van der Waals surface area contributed by atoms with E-state index in [0.717, 1.165) is 11.3 Å². The van der Waals surface area contributed by atoms with Gasteiger partial charge in [-0.2, -0.15) is 10.2 Å². The Labute approximate surface area is 195 Å². The number of anilines is 2. The third kappa shape index (κ3) is 5.44. The number of aromatic nitrogens is 4. The van der Waals surface area contributed by atoms with Gasteiger partial charge in [0.1, 0.15) is 5.02 Å². The lowest BCUT2D eigenvalue weighted by molar-refractivity contribution is 0.684. The highest BCUT2D eigenvalue weighted by molar-refractivity contribution is 7.80. The first-order valence-electron chi connectivity index (χ1n) is 9.59. The van der Waals surface area contributed by atoms with Gasteiger partial charge in [-0.1, -0.05) is 65.7 Å². The van der Waals surface area contributed by atoms with Crippen LogP contribution >= 0.6 is 35.4 Å². The van der Waals surface area contributed by atoms with Crippen molar-refractivity contribution in [2.45, 2.75) is 20.0 Å². The van der Waals surface area contributed by atoms with E-state index >= 15 is 0 Å². The summed E-state index contributed by atoms with van der Waals surface area (Å²) in [4.78, 5) is 0. The minimum atomic E-state index is 0.375. The van der Waals surface area contributed by atoms with Crippen LogP contribution in [0.2, 0.25) is 10.0 Å². The predicted molar refractivity (Wildman–Crippen MR) is 130 cm³/mol. The van der Waals surface area contributed by atoms with Crippen molar-refractivity contribution in [3.05, 3.63) is 93.9 Å². The number of nitrogens with one attached hydrogen (secondary N) is 2. The molecule has 0 aliphatic rings. The highest BCUT2D eigenvalue weighted by Crippen LogP contribution is 2.22. The second-order valence-corrected chi connectivity index (χ2v) is 8.27. The van der Waals surface area contributed by atoms with Gasteiger partial charge in [-0.25, -0.2) is 0 Å². The van der Waals surface area contributed by atoms with Crippen LogP contribution in [0.15, 0.2) is 67.1 Å². The van der Waals surface area contributed by atoms with Gasteiger partial charge < -0.3 is 10.6 Å². The smallest absolute Gasteiger partial charge is 0.176 e. The Bertz CT molecular complexity index is 1220. The van der Waals surface area contributed by atoms with Crippen LogP contribution in [-0.4, -0.2) is 24.7 Å². The number of rotatable bonds is 6.